The number of benzene rings is 1. The lowest BCUT2D eigenvalue weighted by atomic mass is 10.1. The first kappa shape index (κ1) is 10.6. The molecule has 1 aliphatic rings. The number of halogens is 1. The van der Waals surface area contributed by atoms with Gasteiger partial charge in [-0.05, 0) is 37.5 Å². The second-order valence-corrected chi connectivity index (χ2v) is 4.77. The first-order valence-electron chi connectivity index (χ1n) is 5.32. The molecule has 0 amide bonds. The van der Waals surface area contributed by atoms with Crippen molar-refractivity contribution in [2.45, 2.75) is 19.3 Å². The van der Waals surface area contributed by atoms with Crippen molar-refractivity contribution in [2.24, 2.45) is 0 Å². The minimum Gasteiger partial charge on any atom is -0.370 e. The van der Waals surface area contributed by atoms with Crippen LogP contribution in [-0.2, 0) is 0 Å². The lowest BCUT2D eigenvalue weighted by Gasteiger charge is -2.29. The van der Waals surface area contributed by atoms with Gasteiger partial charge in [-0.25, -0.2) is 0 Å². The second kappa shape index (κ2) is 4.72. The SMILES string of the molecule is C#Cc1ccc(Br)cc1N1CCCCC1. The lowest BCUT2D eigenvalue weighted by Crippen LogP contribution is -2.29. The van der Waals surface area contributed by atoms with E-state index in [1.807, 2.05) is 12.1 Å². The minimum atomic E-state index is 1.00. The lowest BCUT2D eigenvalue weighted by molar-refractivity contribution is 0.577. The summed E-state index contributed by atoms with van der Waals surface area (Å²) < 4.78 is 1.10. The maximum absolute atomic E-state index is 5.52. The van der Waals surface area contributed by atoms with E-state index in [0.717, 1.165) is 23.1 Å². The molecule has 0 aliphatic carbocycles. The van der Waals surface area contributed by atoms with Crippen molar-refractivity contribution in [3.63, 3.8) is 0 Å². The number of hydrogen-bond acceptors (Lipinski definition) is 1. The van der Waals surface area contributed by atoms with Gasteiger partial charge in [0.25, 0.3) is 0 Å². The van der Waals surface area contributed by atoms with Gasteiger partial charge in [0.05, 0.1) is 5.69 Å². The third-order valence-electron chi connectivity index (χ3n) is 2.81. The fourth-order valence-electron chi connectivity index (χ4n) is 2.02. The van der Waals surface area contributed by atoms with Crippen molar-refractivity contribution in [3.05, 3.63) is 28.2 Å². The Morgan fingerprint density at radius 3 is 2.60 bits per heavy atom. The molecule has 1 aromatic rings. The Bertz CT molecular complexity index is 386. The van der Waals surface area contributed by atoms with Crippen molar-refractivity contribution < 1.29 is 0 Å². The molecular formula is C13H14BrN. The zero-order valence-electron chi connectivity index (χ0n) is 8.67. The number of nitrogens with zero attached hydrogens (tertiary/aromatic N) is 1. The Morgan fingerprint density at radius 1 is 1.20 bits per heavy atom. The van der Waals surface area contributed by atoms with Crippen LogP contribution in [0.1, 0.15) is 24.8 Å². The van der Waals surface area contributed by atoms with E-state index in [1.165, 1.54) is 24.9 Å². The van der Waals surface area contributed by atoms with Gasteiger partial charge in [-0.2, -0.15) is 0 Å². The molecule has 0 saturated carbocycles. The molecule has 78 valence electrons. The Labute approximate surface area is 99.6 Å². The van der Waals surface area contributed by atoms with Crippen LogP contribution in [0, 0.1) is 12.3 Å². The summed E-state index contributed by atoms with van der Waals surface area (Å²) >= 11 is 3.50. The minimum absolute atomic E-state index is 1.00. The average Bonchev–Trinajstić information content (AvgIpc) is 2.30. The van der Waals surface area contributed by atoms with Gasteiger partial charge < -0.3 is 4.90 Å². The van der Waals surface area contributed by atoms with Crippen LogP contribution in [0.2, 0.25) is 0 Å². The highest BCUT2D eigenvalue weighted by Gasteiger charge is 2.13. The van der Waals surface area contributed by atoms with Gasteiger partial charge in [0.2, 0.25) is 0 Å². The van der Waals surface area contributed by atoms with Gasteiger partial charge in [0, 0.05) is 23.1 Å². The highest BCUT2D eigenvalue weighted by atomic mass is 79.9. The van der Waals surface area contributed by atoms with Crippen LogP contribution >= 0.6 is 15.9 Å². The van der Waals surface area contributed by atoms with Gasteiger partial charge in [-0.3, -0.25) is 0 Å². The molecule has 2 rings (SSSR count). The molecule has 1 fully saturated rings. The predicted octanol–water partition coefficient (Wildman–Crippen LogP) is 3.42. The van der Waals surface area contributed by atoms with Gasteiger partial charge >= 0.3 is 0 Å². The Kier molecular flexibility index (Phi) is 3.33. The van der Waals surface area contributed by atoms with Crippen LogP contribution in [0.25, 0.3) is 0 Å². The Hall–Kier alpha value is -0.940. The fraction of sp³-hybridized carbons (Fsp3) is 0.385. The molecule has 1 aromatic carbocycles. The van der Waals surface area contributed by atoms with E-state index >= 15 is 0 Å². The molecule has 2 heteroatoms. The first-order valence-corrected chi connectivity index (χ1v) is 6.11. The van der Waals surface area contributed by atoms with Crippen LogP contribution in [0.15, 0.2) is 22.7 Å². The third-order valence-corrected chi connectivity index (χ3v) is 3.31. The molecule has 15 heavy (non-hydrogen) atoms. The number of terminal acetylenes is 1. The Balaban J connectivity index is 2.32. The van der Waals surface area contributed by atoms with E-state index in [-0.39, 0.29) is 0 Å². The van der Waals surface area contributed by atoms with Crippen molar-refractivity contribution in [3.8, 4) is 12.3 Å². The van der Waals surface area contributed by atoms with E-state index in [2.05, 4.69) is 32.8 Å². The molecular weight excluding hydrogens is 250 g/mol. The summed E-state index contributed by atoms with van der Waals surface area (Å²) in [5.74, 6) is 2.76. The van der Waals surface area contributed by atoms with E-state index in [4.69, 9.17) is 6.42 Å². The van der Waals surface area contributed by atoms with E-state index in [0.29, 0.717) is 0 Å². The molecule has 1 saturated heterocycles. The molecule has 0 radical (unpaired) electrons. The fourth-order valence-corrected chi connectivity index (χ4v) is 2.37. The summed E-state index contributed by atoms with van der Waals surface area (Å²) in [5, 5.41) is 0. The second-order valence-electron chi connectivity index (χ2n) is 3.85. The zero-order valence-corrected chi connectivity index (χ0v) is 10.3. The van der Waals surface area contributed by atoms with Crippen LogP contribution in [0.3, 0.4) is 0 Å². The van der Waals surface area contributed by atoms with Crippen LogP contribution in [0.5, 0.6) is 0 Å². The number of piperidine rings is 1. The molecule has 0 aromatic heterocycles. The number of rotatable bonds is 1. The molecule has 1 heterocycles. The molecule has 0 spiro atoms. The van der Waals surface area contributed by atoms with Gasteiger partial charge in [0.1, 0.15) is 0 Å². The number of anilines is 1. The highest BCUT2D eigenvalue weighted by molar-refractivity contribution is 9.10. The van der Waals surface area contributed by atoms with Gasteiger partial charge in [-0.1, -0.05) is 21.9 Å². The molecule has 1 aliphatic heterocycles. The molecule has 1 nitrogen and oxygen atoms in total. The van der Waals surface area contributed by atoms with Crippen LogP contribution in [-0.4, -0.2) is 13.1 Å². The topological polar surface area (TPSA) is 3.24 Å². The summed E-state index contributed by atoms with van der Waals surface area (Å²) in [6.45, 7) is 2.26. The van der Waals surface area contributed by atoms with Crippen LogP contribution in [0.4, 0.5) is 5.69 Å². The summed E-state index contributed by atoms with van der Waals surface area (Å²) in [7, 11) is 0. The van der Waals surface area contributed by atoms with E-state index in [9.17, 15) is 0 Å². The quantitative estimate of drug-likeness (QED) is 0.702. The largest absolute Gasteiger partial charge is 0.370 e. The maximum Gasteiger partial charge on any atom is 0.0536 e. The molecule has 0 N–H and O–H groups in total. The van der Waals surface area contributed by atoms with Crippen molar-refractivity contribution in [2.75, 3.05) is 18.0 Å². The summed E-state index contributed by atoms with van der Waals surface area (Å²) in [4.78, 5) is 2.39. The normalized spacial score (nSPS) is 16.1. The summed E-state index contributed by atoms with van der Waals surface area (Å²) in [6, 6.07) is 6.14. The first-order chi connectivity index (χ1) is 7.31. The predicted molar refractivity (Wildman–Crippen MR) is 68.1 cm³/mol. The van der Waals surface area contributed by atoms with Crippen molar-refractivity contribution >= 4 is 21.6 Å². The van der Waals surface area contributed by atoms with Gasteiger partial charge in [-0.15, -0.1) is 6.42 Å². The summed E-state index contributed by atoms with van der Waals surface area (Å²) in [5.41, 5.74) is 2.20. The molecule has 0 atom stereocenters. The third kappa shape index (κ3) is 2.35. The monoisotopic (exact) mass is 263 g/mol. The van der Waals surface area contributed by atoms with Gasteiger partial charge in [0.15, 0.2) is 0 Å². The molecule has 0 unspecified atom stereocenters. The van der Waals surface area contributed by atoms with E-state index in [1.54, 1.807) is 0 Å². The Morgan fingerprint density at radius 2 is 1.93 bits per heavy atom. The maximum atomic E-state index is 5.52. The number of hydrogen-bond donors (Lipinski definition) is 0. The average molecular weight is 264 g/mol. The highest BCUT2D eigenvalue weighted by Crippen LogP contribution is 2.27. The summed E-state index contributed by atoms with van der Waals surface area (Å²) in [6.07, 6.45) is 9.41. The zero-order chi connectivity index (χ0) is 10.7. The molecule has 0 bridgehead atoms. The van der Waals surface area contributed by atoms with E-state index < -0.39 is 0 Å². The standard InChI is InChI=1S/C13H14BrN/c1-2-11-6-7-12(14)10-13(11)15-8-4-3-5-9-15/h1,6-7,10H,3-5,8-9H2. The smallest absolute Gasteiger partial charge is 0.0536 e. The van der Waals surface area contributed by atoms with Crippen molar-refractivity contribution in [1.82, 2.24) is 0 Å². The van der Waals surface area contributed by atoms with Crippen LogP contribution < -0.4 is 4.90 Å². The van der Waals surface area contributed by atoms with Crippen molar-refractivity contribution in [1.29, 1.82) is 0 Å².